The molecule has 2 N–H and O–H groups in total. The lowest BCUT2D eigenvalue weighted by molar-refractivity contribution is 0.394. The molecular formula is C15H16BrNO3. The normalized spacial score (nSPS) is 10.2. The van der Waals surface area contributed by atoms with Gasteiger partial charge in [0.05, 0.1) is 14.2 Å². The highest BCUT2D eigenvalue weighted by Crippen LogP contribution is 2.27. The zero-order valence-electron chi connectivity index (χ0n) is 11.3. The van der Waals surface area contributed by atoms with Gasteiger partial charge >= 0.3 is 0 Å². The van der Waals surface area contributed by atoms with Crippen LogP contribution >= 0.6 is 15.9 Å². The number of anilines is 1. The molecule has 20 heavy (non-hydrogen) atoms. The number of hydrogen-bond donors (Lipinski definition) is 2. The molecule has 0 aliphatic carbocycles. The summed E-state index contributed by atoms with van der Waals surface area (Å²) < 4.78 is 11.4. The lowest BCUT2D eigenvalue weighted by Crippen LogP contribution is -2.00. The van der Waals surface area contributed by atoms with Crippen LogP contribution in [-0.4, -0.2) is 19.3 Å². The second kappa shape index (κ2) is 6.52. The number of phenols is 1. The molecule has 0 aliphatic heterocycles. The van der Waals surface area contributed by atoms with E-state index in [1.54, 1.807) is 26.4 Å². The van der Waals surface area contributed by atoms with Gasteiger partial charge in [0.2, 0.25) is 0 Å². The van der Waals surface area contributed by atoms with Crippen LogP contribution in [0.3, 0.4) is 0 Å². The Bertz CT molecular complexity index is 579. The molecule has 0 saturated carbocycles. The maximum absolute atomic E-state index is 9.80. The van der Waals surface area contributed by atoms with Gasteiger partial charge in [0.1, 0.15) is 17.2 Å². The summed E-state index contributed by atoms with van der Waals surface area (Å²) in [6.07, 6.45) is 0. The number of rotatable bonds is 5. The maximum atomic E-state index is 9.80. The second-order valence-corrected chi connectivity index (χ2v) is 5.14. The molecule has 0 heterocycles. The summed E-state index contributed by atoms with van der Waals surface area (Å²) in [6, 6.07) is 10.9. The van der Waals surface area contributed by atoms with Crippen LogP contribution in [-0.2, 0) is 6.54 Å². The fourth-order valence-corrected chi connectivity index (χ4v) is 2.21. The fraction of sp³-hybridized carbons (Fsp3) is 0.200. The van der Waals surface area contributed by atoms with Crippen LogP contribution in [0.5, 0.6) is 17.2 Å². The summed E-state index contributed by atoms with van der Waals surface area (Å²) in [6.45, 7) is 0.502. The van der Waals surface area contributed by atoms with Crippen molar-refractivity contribution in [3.8, 4) is 17.2 Å². The third-order valence-electron chi connectivity index (χ3n) is 2.88. The van der Waals surface area contributed by atoms with Gasteiger partial charge in [-0.1, -0.05) is 15.9 Å². The molecule has 0 spiro atoms. The van der Waals surface area contributed by atoms with E-state index < -0.39 is 0 Å². The molecule has 0 aliphatic rings. The van der Waals surface area contributed by atoms with Gasteiger partial charge in [-0.3, -0.25) is 0 Å². The average Bonchev–Trinajstić information content (AvgIpc) is 2.47. The Morgan fingerprint density at radius 3 is 2.30 bits per heavy atom. The molecule has 0 aromatic heterocycles. The first-order chi connectivity index (χ1) is 9.62. The molecule has 4 nitrogen and oxygen atoms in total. The van der Waals surface area contributed by atoms with Crippen LogP contribution in [0.4, 0.5) is 5.69 Å². The minimum atomic E-state index is 0.260. The minimum absolute atomic E-state index is 0.260. The Hall–Kier alpha value is -1.88. The number of hydrogen-bond acceptors (Lipinski definition) is 4. The highest BCUT2D eigenvalue weighted by molar-refractivity contribution is 9.10. The Labute approximate surface area is 126 Å². The summed E-state index contributed by atoms with van der Waals surface area (Å²) >= 11 is 3.39. The SMILES string of the molecule is COc1cc(NCc2cc(Br)ccc2O)cc(OC)c1. The molecule has 0 fully saturated rings. The number of halogens is 1. The van der Waals surface area contributed by atoms with Crippen molar-refractivity contribution in [2.75, 3.05) is 19.5 Å². The van der Waals surface area contributed by atoms with E-state index in [0.29, 0.717) is 18.0 Å². The second-order valence-electron chi connectivity index (χ2n) is 4.23. The fourth-order valence-electron chi connectivity index (χ4n) is 1.80. The molecule has 5 heteroatoms. The smallest absolute Gasteiger partial charge is 0.124 e. The number of phenolic OH excluding ortho intramolecular Hbond substituents is 1. The predicted octanol–water partition coefficient (Wildman–Crippen LogP) is 3.78. The molecule has 0 amide bonds. The van der Waals surface area contributed by atoms with E-state index in [9.17, 15) is 5.11 Å². The summed E-state index contributed by atoms with van der Waals surface area (Å²) in [5.41, 5.74) is 1.67. The maximum Gasteiger partial charge on any atom is 0.124 e. The van der Waals surface area contributed by atoms with E-state index in [2.05, 4.69) is 21.2 Å². The molecule has 0 atom stereocenters. The Balaban J connectivity index is 2.16. The van der Waals surface area contributed by atoms with E-state index in [-0.39, 0.29) is 5.75 Å². The van der Waals surface area contributed by atoms with Gasteiger partial charge in [-0.2, -0.15) is 0 Å². The zero-order valence-corrected chi connectivity index (χ0v) is 12.9. The number of methoxy groups -OCH3 is 2. The number of nitrogens with one attached hydrogen (secondary N) is 1. The first-order valence-electron chi connectivity index (χ1n) is 6.06. The van der Waals surface area contributed by atoms with Crippen LogP contribution in [0.2, 0.25) is 0 Å². The number of benzene rings is 2. The van der Waals surface area contributed by atoms with Crippen molar-refractivity contribution in [2.24, 2.45) is 0 Å². The van der Waals surface area contributed by atoms with Crippen molar-refractivity contribution in [3.63, 3.8) is 0 Å². The van der Waals surface area contributed by atoms with Crippen LogP contribution in [0.1, 0.15) is 5.56 Å². The first kappa shape index (κ1) is 14.5. The van der Waals surface area contributed by atoms with Crippen molar-refractivity contribution in [2.45, 2.75) is 6.54 Å². The van der Waals surface area contributed by atoms with Crippen LogP contribution in [0.25, 0.3) is 0 Å². The zero-order chi connectivity index (χ0) is 14.5. The molecule has 2 aromatic carbocycles. The number of aromatic hydroxyl groups is 1. The quantitative estimate of drug-likeness (QED) is 0.871. The molecule has 0 saturated heterocycles. The van der Waals surface area contributed by atoms with E-state index in [0.717, 1.165) is 15.7 Å². The Kier molecular flexibility index (Phi) is 4.74. The Morgan fingerprint density at radius 1 is 1.05 bits per heavy atom. The molecule has 106 valence electrons. The topological polar surface area (TPSA) is 50.7 Å². The highest BCUT2D eigenvalue weighted by atomic mass is 79.9. The van der Waals surface area contributed by atoms with E-state index in [1.807, 2.05) is 24.3 Å². The van der Waals surface area contributed by atoms with Gasteiger partial charge < -0.3 is 19.9 Å². The van der Waals surface area contributed by atoms with Crippen molar-refractivity contribution in [3.05, 3.63) is 46.4 Å². The molecule has 0 bridgehead atoms. The van der Waals surface area contributed by atoms with E-state index >= 15 is 0 Å². The van der Waals surface area contributed by atoms with E-state index in [4.69, 9.17) is 9.47 Å². The van der Waals surface area contributed by atoms with Crippen molar-refractivity contribution in [1.82, 2.24) is 0 Å². The molecule has 2 rings (SSSR count). The Morgan fingerprint density at radius 2 is 1.70 bits per heavy atom. The van der Waals surface area contributed by atoms with Crippen molar-refractivity contribution in [1.29, 1.82) is 0 Å². The number of ether oxygens (including phenoxy) is 2. The molecule has 0 radical (unpaired) electrons. The van der Waals surface area contributed by atoms with Crippen LogP contribution in [0.15, 0.2) is 40.9 Å². The predicted molar refractivity (Wildman–Crippen MR) is 82.7 cm³/mol. The highest BCUT2D eigenvalue weighted by Gasteiger charge is 2.04. The monoisotopic (exact) mass is 337 g/mol. The van der Waals surface area contributed by atoms with Crippen molar-refractivity contribution < 1.29 is 14.6 Å². The summed E-state index contributed by atoms with van der Waals surface area (Å²) in [5, 5.41) is 13.0. The summed E-state index contributed by atoms with van der Waals surface area (Å²) in [5.74, 6) is 1.69. The average molecular weight is 338 g/mol. The molecule has 0 unspecified atom stereocenters. The third-order valence-corrected chi connectivity index (χ3v) is 3.37. The largest absolute Gasteiger partial charge is 0.508 e. The van der Waals surface area contributed by atoms with Crippen molar-refractivity contribution >= 4 is 21.6 Å². The van der Waals surface area contributed by atoms with Gasteiger partial charge in [-0.15, -0.1) is 0 Å². The van der Waals surface area contributed by atoms with Crippen LogP contribution < -0.4 is 14.8 Å². The molecule has 2 aromatic rings. The lowest BCUT2D eigenvalue weighted by Gasteiger charge is -2.11. The lowest BCUT2D eigenvalue weighted by atomic mass is 10.2. The van der Waals surface area contributed by atoms with Crippen LogP contribution in [0, 0.1) is 0 Å². The minimum Gasteiger partial charge on any atom is -0.508 e. The van der Waals surface area contributed by atoms with Gasteiger partial charge in [0.25, 0.3) is 0 Å². The van der Waals surface area contributed by atoms with Gasteiger partial charge in [0, 0.05) is 40.5 Å². The van der Waals surface area contributed by atoms with Gasteiger partial charge in [0.15, 0.2) is 0 Å². The molecular weight excluding hydrogens is 322 g/mol. The van der Waals surface area contributed by atoms with Gasteiger partial charge in [-0.25, -0.2) is 0 Å². The van der Waals surface area contributed by atoms with Gasteiger partial charge in [-0.05, 0) is 18.2 Å². The summed E-state index contributed by atoms with van der Waals surface area (Å²) in [4.78, 5) is 0. The summed E-state index contributed by atoms with van der Waals surface area (Å²) in [7, 11) is 3.22. The standard InChI is InChI=1S/C15H16BrNO3/c1-19-13-6-12(7-14(8-13)20-2)17-9-10-5-11(16)3-4-15(10)18/h3-8,17-18H,9H2,1-2H3. The van der Waals surface area contributed by atoms with E-state index in [1.165, 1.54) is 0 Å². The first-order valence-corrected chi connectivity index (χ1v) is 6.86. The third kappa shape index (κ3) is 3.57.